The monoisotopic (exact) mass is 831 g/mol. The molecule has 0 aliphatic heterocycles. The highest BCUT2D eigenvalue weighted by Gasteiger charge is 2.19. The Morgan fingerprint density at radius 3 is 0.915 bits per heavy atom. The summed E-state index contributed by atoms with van der Waals surface area (Å²) in [5.74, 6) is -0.881. The summed E-state index contributed by atoms with van der Waals surface area (Å²) in [7, 11) is 0. The third-order valence-corrected chi connectivity index (χ3v) is 11.4. The molecule has 0 aliphatic carbocycles. The molecule has 0 saturated carbocycles. The van der Waals surface area contributed by atoms with E-state index in [0.717, 1.165) is 77.0 Å². The highest BCUT2D eigenvalue weighted by Crippen LogP contribution is 2.16. The first-order valence-corrected chi connectivity index (χ1v) is 25.8. The van der Waals surface area contributed by atoms with Crippen LogP contribution >= 0.6 is 0 Å². The van der Waals surface area contributed by atoms with E-state index in [1.54, 1.807) is 0 Å². The Morgan fingerprint density at radius 1 is 0.322 bits per heavy atom. The molecule has 0 bridgehead atoms. The van der Waals surface area contributed by atoms with E-state index in [2.05, 4.69) is 45.1 Å². The molecule has 0 spiro atoms. The van der Waals surface area contributed by atoms with Gasteiger partial charge in [-0.25, -0.2) is 0 Å². The molecule has 0 radical (unpaired) electrons. The van der Waals surface area contributed by atoms with Crippen LogP contribution in [0.15, 0.2) is 24.3 Å². The lowest BCUT2D eigenvalue weighted by molar-refractivity contribution is -0.167. The average molecular weight is 831 g/mol. The van der Waals surface area contributed by atoms with Gasteiger partial charge in [-0.3, -0.25) is 14.4 Å². The number of esters is 3. The summed E-state index contributed by atoms with van der Waals surface area (Å²) in [6.07, 6.45) is 54.5. The summed E-state index contributed by atoms with van der Waals surface area (Å²) in [6, 6.07) is 0. The number of carbonyl (C=O) groups excluding carboxylic acids is 3. The van der Waals surface area contributed by atoms with E-state index in [4.69, 9.17) is 14.2 Å². The summed E-state index contributed by atoms with van der Waals surface area (Å²) in [6.45, 7) is 6.59. The van der Waals surface area contributed by atoms with Gasteiger partial charge in [-0.05, 0) is 64.2 Å². The molecule has 0 aromatic carbocycles. The average Bonchev–Trinajstić information content (AvgIpc) is 3.23. The zero-order valence-electron chi connectivity index (χ0n) is 39.5. The van der Waals surface area contributed by atoms with Gasteiger partial charge in [0.25, 0.3) is 0 Å². The van der Waals surface area contributed by atoms with Gasteiger partial charge in [0, 0.05) is 19.3 Å². The molecule has 6 nitrogen and oxygen atoms in total. The zero-order valence-corrected chi connectivity index (χ0v) is 39.5. The Bertz CT molecular complexity index is 958. The van der Waals surface area contributed by atoms with Gasteiger partial charge in [0.15, 0.2) is 6.10 Å². The minimum atomic E-state index is -0.772. The van der Waals surface area contributed by atoms with Crippen LogP contribution in [0, 0.1) is 0 Å². The van der Waals surface area contributed by atoms with Gasteiger partial charge < -0.3 is 14.2 Å². The molecule has 0 aromatic rings. The number of ether oxygens (including phenoxy) is 3. The molecule has 0 rings (SSSR count). The number of allylic oxidation sites excluding steroid dienone is 4. The topological polar surface area (TPSA) is 78.9 Å². The molecule has 1 atom stereocenters. The van der Waals surface area contributed by atoms with Gasteiger partial charge in [-0.2, -0.15) is 0 Å². The molecule has 0 amide bonds. The van der Waals surface area contributed by atoms with E-state index >= 15 is 0 Å². The maximum absolute atomic E-state index is 12.8. The van der Waals surface area contributed by atoms with Crippen molar-refractivity contribution in [3.05, 3.63) is 24.3 Å². The molecule has 0 aromatic heterocycles. The first kappa shape index (κ1) is 56.9. The van der Waals surface area contributed by atoms with Crippen molar-refractivity contribution in [3.63, 3.8) is 0 Å². The van der Waals surface area contributed by atoms with Crippen LogP contribution < -0.4 is 0 Å². The number of hydrogen-bond donors (Lipinski definition) is 0. The lowest BCUT2D eigenvalue weighted by Crippen LogP contribution is -2.30. The molecular weight excluding hydrogens is 733 g/mol. The van der Waals surface area contributed by atoms with Crippen LogP contribution in [0.1, 0.15) is 278 Å². The molecule has 0 aliphatic rings. The van der Waals surface area contributed by atoms with Crippen LogP contribution in [0.3, 0.4) is 0 Å². The first-order valence-electron chi connectivity index (χ1n) is 25.8. The molecule has 1 unspecified atom stereocenters. The highest BCUT2D eigenvalue weighted by molar-refractivity contribution is 5.71. The Morgan fingerprint density at radius 2 is 0.593 bits per heavy atom. The fraction of sp³-hybridized carbons (Fsp3) is 0.868. The molecule has 0 fully saturated rings. The summed E-state index contributed by atoms with van der Waals surface area (Å²) in [4.78, 5) is 37.9. The number of unbranched alkanes of at least 4 members (excludes halogenated alkanes) is 32. The second kappa shape index (κ2) is 48.6. The standard InChI is InChI=1S/C53H98O6/c1-4-7-10-13-16-19-22-24-26-28-29-31-34-37-40-43-46-52(55)58-49-50(48-57-51(54)45-42-39-36-33-21-18-15-12-9-6-3)59-53(56)47-44-41-38-35-32-30-27-25-23-20-17-14-11-8-5-2/h12,15,26,28,50H,4-11,13-14,16-25,27,29-49H2,1-3H3/b15-12-,28-26-. The second-order valence-corrected chi connectivity index (χ2v) is 17.4. The maximum atomic E-state index is 12.8. The fourth-order valence-electron chi connectivity index (χ4n) is 7.50. The molecule has 346 valence electrons. The van der Waals surface area contributed by atoms with Crippen LogP contribution in [0.5, 0.6) is 0 Å². The van der Waals surface area contributed by atoms with Crippen molar-refractivity contribution in [3.8, 4) is 0 Å². The molecule has 0 heterocycles. The largest absolute Gasteiger partial charge is 0.462 e. The van der Waals surface area contributed by atoms with Crippen molar-refractivity contribution in [2.45, 2.75) is 284 Å². The van der Waals surface area contributed by atoms with E-state index in [9.17, 15) is 14.4 Å². The Kier molecular flexibility index (Phi) is 46.8. The molecular formula is C53H98O6. The predicted molar refractivity (Wildman–Crippen MR) is 252 cm³/mol. The van der Waals surface area contributed by atoms with Crippen LogP contribution in [0.4, 0.5) is 0 Å². The smallest absolute Gasteiger partial charge is 0.306 e. The van der Waals surface area contributed by atoms with Gasteiger partial charge in [-0.15, -0.1) is 0 Å². The van der Waals surface area contributed by atoms with Crippen molar-refractivity contribution in [1.29, 1.82) is 0 Å². The fourth-order valence-corrected chi connectivity index (χ4v) is 7.50. The van der Waals surface area contributed by atoms with Gasteiger partial charge in [0.2, 0.25) is 0 Å². The minimum Gasteiger partial charge on any atom is -0.462 e. The first-order chi connectivity index (χ1) is 29.0. The van der Waals surface area contributed by atoms with E-state index in [1.807, 2.05) is 0 Å². The van der Waals surface area contributed by atoms with Gasteiger partial charge in [-0.1, -0.05) is 218 Å². The van der Waals surface area contributed by atoms with Gasteiger partial charge >= 0.3 is 17.9 Å². The lowest BCUT2D eigenvalue weighted by atomic mass is 10.0. The number of rotatable bonds is 47. The van der Waals surface area contributed by atoms with Crippen molar-refractivity contribution in [2.75, 3.05) is 13.2 Å². The Balaban J connectivity index is 4.32. The number of hydrogen-bond acceptors (Lipinski definition) is 6. The molecule has 6 heteroatoms. The summed E-state index contributed by atoms with van der Waals surface area (Å²) in [5, 5.41) is 0. The number of carbonyl (C=O) groups is 3. The summed E-state index contributed by atoms with van der Waals surface area (Å²) >= 11 is 0. The summed E-state index contributed by atoms with van der Waals surface area (Å²) < 4.78 is 16.8. The van der Waals surface area contributed by atoms with Crippen LogP contribution in [-0.4, -0.2) is 37.2 Å². The van der Waals surface area contributed by atoms with E-state index in [-0.39, 0.29) is 31.1 Å². The van der Waals surface area contributed by atoms with Crippen molar-refractivity contribution >= 4 is 17.9 Å². The lowest BCUT2D eigenvalue weighted by Gasteiger charge is -2.18. The van der Waals surface area contributed by atoms with E-state index in [0.29, 0.717) is 19.3 Å². The van der Waals surface area contributed by atoms with Crippen molar-refractivity contribution < 1.29 is 28.6 Å². The third-order valence-electron chi connectivity index (χ3n) is 11.4. The Hall–Kier alpha value is -2.11. The third kappa shape index (κ3) is 46.8. The van der Waals surface area contributed by atoms with Crippen LogP contribution in [-0.2, 0) is 28.6 Å². The highest BCUT2D eigenvalue weighted by atomic mass is 16.6. The van der Waals surface area contributed by atoms with Crippen LogP contribution in [0.2, 0.25) is 0 Å². The molecule has 59 heavy (non-hydrogen) atoms. The quantitative estimate of drug-likeness (QED) is 0.0263. The second-order valence-electron chi connectivity index (χ2n) is 17.4. The van der Waals surface area contributed by atoms with Gasteiger partial charge in [0.05, 0.1) is 0 Å². The molecule has 0 saturated heterocycles. The summed E-state index contributed by atoms with van der Waals surface area (Å²) in [5.41, 5.74) is 0. The van der Waals surface area contributed by atoms with Crippen molar-refractivity contribution in [2.24, 2.45) is 0 Å². The maximum Gasteiger partial charge on any atom is 0.306 e. The van der Waals surface area contributed by atoms with E-state index in [1.165, 1.54) is 161 Å². The minimum absolute atomic E-state index is 0.0748. The Labute approximate surface area is 366 Å². The van der Waals surface area contributed by atoms with Crippen molar-refractivity contribution in [1.82, 2.24) is 0 Å². The predicted octanol–water partition coefficient (Wildman–Crippen LogP) is 16.8. The molecule has 0 N–H and O–H groups in total. The van der Waals surface area contributed by atoms with Crippen LogP contribution in [0.25, 0.3) is 0 Å². The van der Waals surface area contributed by atoms with E-state index < -0.39 is 6.10 Å². The normalized spacial score (nSPS) is 12.1. The van der Waals surface area contributed by atoms with Gasteiger partial charge in [0.1, 0.15) is 13.2 Å². The SMILES string of the molecule is CCC/C=C\CCCCCCCC(=O)OCC(COC(=O)CCCCCCC/C=C\CCCCCCCCC)OC(=O)CCCCCCCCCCCCCCCCC. The zero-order chi connectivity index (χ0) is 43.0.